The van der Waals surface area contributed by atoms with E-state index in [0.29, 0.717) is 0 Å². The van der Waals surface area contributed by atoms with Crippen LogP contribution >= 0.6 is 11.8 Å². The highest BCUT2D eigenvalue weighted by molar-refractivity contribution is 7.98. The summed E-state index contributed by atoms with van der Waals surface area (Å²) in [5, 5.41) is 0.844. The number of thioether (sulfide) groups is 1. The van der Waals surface area contributed by atoms with Gasteiger partial charge in [0.2, 0.25) is 0 Å². The van der Waals surface area contributed by atoms with Gasteiger partial charge in [-0.25, -0.2) is 9.97 Å². The molecule has 1 aliphatic rings. The second-order valence-corrected chi connectivity index (χ2v) is 6.66. The van der Waals surface area contributed by atoms with Crippen molar-refractivity contribution in [2.75, 3.05) is 24.2 Å². The number of aromatic nitrogens is 3. The highest BCUT2D eigenvalue weighted by Crippen LogP contribution is 2.31. The molecule has 0 spiro atoms. The molecule has 1 aromatic carbocycles. The number of nitrogens with one attached hydrogen (secondary N) is 1. The molecule has 4 nitrogen and oxygen atoms in total. The predicted octanol–water partition coefficient (Wildman–Crippen LogP) is 4.34. The molecule has 3 aromatic rings. The van der Waals surface area contributed by atoms with Gasteiger partial charge in [0, 0.05) is 18.8 Å². The van der Waals surface area contributed by atoms with Gasteiger partial charge in [0.1, 0.15) is 5.52 Å². The lowest BCUT2D eigenvalue weighted by Crippen LogP contribution is -2.30. The Bertz CT molecular complexity index is 807. The van der Waals surface area contributed by atoms with Crippen molar-refractivity contribution >= 4 is 28.6 Å². The Morgan fingerprint density at radius 3 is 2.57 bits per heavy atom. The first-order chi connectivity index (χ1) is 11.3. The van der Waals surface area contributed by atoms with Crippen molar-refractivity contribution in [1.29, 1.82) is 0 Å². The molecule has 0 aliphatic carbocycles. The molecule has 0 radical (unpaired) electrons. The zero-order valence-electron chi connectivity index (χ0n) is 13.2. The molecule has 5 heteroatoms. The molecule has 3 heterocycles. The SMILES string of the molecule is CSc1nc(N2CCCCC2)c2[nH]c(-c3ccccc3)cc2n1. The lowest BCUT2D eigenvalue weighted by atomic mass is 10.1. The van der Waals surface area contributed by atoms with Gasteiger partial charge in [-0.15, -0.1) is 0 Å². The molecule has 118 valence electrons. The molecule has 2 aromatic heterocycles. The van der Waals surface area contributed by atoms with Crippen LogP contribution in [0.5, 0.6) is 0 Å². The second-order valence-electron chi connectivity index (χ2n) is 5.89. The van der Waals surface area contributed by atoms with Gasteiger partial charge in [0.15, 0.2) is 11.0 Å². The van der Waals surface area contributed by atoms with Crippen molar-refractivity contribution in [3.05, 3.63) is 36.4 Å². The Labute approximate surface area is 140 Å². The van der Waals surface area contributed by atoms with Gasteiger partial charge in [-0.2, -0.15) is 0 Å². The van der Waals surface area contributed by atoms with Crippen LogP contribution in [0.2, 0.25) is 0 Å². The quantitative estimate of drug-likeness (QED) is 0.575. The fraction of sp³-hybridized carbons (Fsp3) is 0.333. The third kappa shape index (κ3) is 2.81. The Kier molecular flexibility index (Phi) is 3.95. The van der Waals surface area contributed by atoms with Gasteiger partial charge in [-0.3, -0.25) is 0 Å². The number of anilines is 1. The molecule has 23 heavy (non-hydrogen) atoms. The second kappa shape index (κ2) is 6.24. The summed E-state index contributed by atoms with van der Waals surface area (Å²) in [5.41, 5.74) is 4.35. The van der Waals surface area contributed by atoms with E-state index in [4.69, 9.17) is 4.98 Å². The Morgan fingerprint density at radius 2 is 1.83 bits per heavy atom. The minimum Gasteiger partial charge on any atom is -0.355 e. The Hall–Kier alpha value is -2.01. The molecule has 0 amide bonds. The van der Waals surface area contributed by atoms with Crippen molar-refractivity contribution in [2.45, 2.75) is 24.4 Å². The van der Waals surface area contributed by atoms with Gasteiger partial charge in [0.25, 0.3) is 0 Å². The highest BCUT2D eigenvalue weighted by atomic mass is 32.2. The van der Waals surface area contributed by atoms with E-state index in [1.54, 1.807) is 11.8 Å². The van der Waals surface area contributed by atoms with E-state index in [1.165, 1.54) is 24.8 Å². The lowest BCUT2D eigenvalue weighted by molar-refractivity contribution is 0.572. The van der Waals surface area contributed by atoms with Crippen LogP contribution in [0.3, 0.4) is 0 Å². The topological polar surface area (TPSA) is 44.8 Å². The fourth-order valence-corrected chi connectivity index (χ4v) is 3.54. The van der Waals surface area contributed by atoms with Gasteiger partial charge in [-0.05, 0) is 37.1 Å². The van der Waals surface area contributed by atoms with Gasteiger partial charge in [-0.1, -0.05) is 42.1 Å². The van der Waals surface area contributed by atoms with Gasteiger partial charge < -0.3 is 9.88 Å². The van der Waals surface area contributed by atoms with E-state index in [9.17, 15) is 0 Å². The molecular formula is C18H20N4S. The average molecular weight is 324 g/mol. The number of H-pyrrole nitrogens is 1. The molecular weight excluding hydrogens is 304 g/mol. The standard InChI is InChI=1S/C18H20N4S/c1-23-18-20-15-12-14(13-8-4-2-5-9-13)19-16(15)17(21-18)22-10-6-3-7-11-22/h2,4-5,8-9,12,19H,3,6-7,10-11H2,1H3. The van der Waals surface area contributed by atoms with Crippen molar-refractivity contribution < 1.29 is 0 Å². The summed E-state index contributed by atoms with van der Waals surface area (Å²) in [6.45, 7) is 2.17. The van der Waals surface area contributed by atoms with Crippen molar-refractivity contribution in [3.8, 4) is 11.3 Å². The highest BCUT2D eigenvalue weighted by Gasteiger charge is 2.19. The number of hydrogen-bond donors (Lipinski definition) is 1. The number of hydrogen-bond acceptors (Lipinski definition) is 4. The third-order valence-corrected chi connectivity index (χ3v) is 4.91. The van der Waals surface area contributed by atoms with E-state index in [1.807, 2.05) is 12.3 Å². The molecule has 0 saturated carbocycles. The molecule has 4 rings (SSSR count). The molecule has 1 aliphatic heterocycles. The zero-order valence-corrected chi connectivity index (χ0v) is 14.1. The molecule has 1 fully saturated rings. The first-order valence-electron chi connectivity index (χ1n) is 8.10. The van der Waals surface area contributed by atoms with Crippen LogP contribution in [0.25, 0.3) is 22.3 Å². The zero-order chi connectivity index (χ0) is 15.6. The minimum absolute atomic E-state index is 0.844. The smallest absolute Gasteiger partial charge is 0.189 e. The van der Waals surface area contributed by atoms with Crippen LogP contribution in [-0.2, 0) is 0 Å². The number of rotatable bonds is 3. The summed E-state index contributed by atoms with van der Waals surface area (Å²) in [6.07, 6.45) is 5.84. The molecule has 0 bridgehead atoms. The number of piperidine rings is 1. The number of nitrogens with zero attached hydrogens (tertiary/aromatic N) is 3. The average Bonchev–Trinajstić information content (AvgIpc) is 3.06. The number of benzene rings is 1. The molecule has 0 atom stereocenters. The summed E-state index contributed by atoms with van der Waals surface area (Å²) in [4.78, 5) is 15.4. The summed E-state index contributed by atoms with van der Waals surface area (Å²) < 4.78 is 0. The summed E-state index contributed by atoms with van der Waals surface area (Å²) in [7, 11) is 0. The van der Waals surface area contributed by atoms with E-state index >= 15 is 0 Å². The lowest BCUT2D eigenvalue weighted by Gasteiger charge is -2.28. The minimum atomic E-state index is 0.844. The summed E-state index contributed by atoms with van der Waals surface area (Å²) in [5.74, 6) is 1.06. The fourth-order valence-electron chi connectivity index (χ4n) is 3.18. The van der Waals surface area contributed by atoms with Crippen molar-refractivity contribution in [2.24, 2.45) is 0 Å². The van der Waals surface area contributed by atoms with E-state index in [0.717, 1.165) is 40.8 Å². The normalized spacial score (nSPS) is 15.3. The molecule has 1 N–H and O–H groups in total. The van der Waals surface area contributed by atoms with Crippen LogP contribution in [0.1, 0.15) is 19.3 Å². The largest absolute Gasteiger partial charge is 0.355 e. The van der Waals surface area contributed by atoms with Crippen molar-refractivity contribution in [1.82, 2.24) is 15.0 Å². The monoisotopic (exact) mass is 324 g/mol. The molecule has 0 unspecified atom stereocenters. The maximum absolute atomic E-state index is 4.80. The van der Waals surface area contributed by atoms with Crippen LogP contribution in [0.4, 0.5) is 5.82 Å². The van der Waals surface area contributed by atoms with E-state index in [2.05, 4.69) is 45.2 Å². The molecule has 1 saturated heterocycles. The number of aromatic amines is 1. The third-order valence-electron chi connectivity index (χ3n) is 4.36. The van der Waals surface area contributed by atoms with Crippen molar-refractivity contribution in [3.63, 3.8) is 0 Å². The van der Waals surface area contributed by atoms with E-state index in [-0.39, 0.29) is 0 Å². The maximum Gasteiger partial charge on any atom is 0.189 e. The Morgan fingerprint density at radius 1 is 1.04 bits per heavy atom. The summed E-state index contributed by atoms with van der Waals surface area (Å²) >= 11 is 1.60. The van der Waals surface area contributed by atoms with Gasteiger partial charge >= 0.3 is 0 Å². The van der Waals surface area contributed by atoms with E-state index < -0.39 is 0 Å². The van der Waals surface area contributed by atoms with Crippen LogP contribution in [0.15, 0.2) is 41.6 Å². The first-order valence-corrected chi connectivity index (χ1v) is 9.33. The van der Waals surface area contributed by atoms with Crippen LogP contribution in [-0.4, -0.2) is 34.3 Å². The van der Waals surface area contributed by atoms with Crippen LogP contribution < -0.4 is 4.90 Å². The number of fused-ring (bicyclic) bond motifs is 1. The van der Waals surface area contributed by atoms with Crippen LogP contribution in [0, 0.1) is 0 Å². The maximum atomic E-state index is 4.80. The predicted molar refractivity (Wildman–Crippen MR) is 97.2 cm³/mol. The summed E-state index contributed by atoms with van der Waals surface area (Å²) in [6, 6.07) is 12.5. The Balaban J connectivity index is 1.85. The van der Waals surface area contributed by atoms with Gasteiger partial charge in [0.05, 0.1) is 5.52 Å². The first kappa shape index (κ1) is 14.6.